The molecule has 0 radical (unpaired) electrons. The Morgan fingerprint density at radius 1 is 1.29 bits per heavy atom. The molecule has 0 aromatic heterocycles. The molecule has 1 saturated heterocycles. The number of halogens is 2. The van der Waals surface area contributed by atoms with Gasteiger partial charge in [0, 0.05) is 34.5 Å². The molecule has 1 aliphatic rings. The van der Waals surface area contributed by atoms with Gasteiger partial charge in [0.1, 0.15) is 11.6 Å². The van der Waals surface area contributed by atoms with Crippen LogP contribution < -0.4 is 0 Å². The summed E-state index contributed by atoms with van der Waals surface area (Å²) in [5, 5.41) is 10.1. The summed E-state index contributed by atoms with van der Waals surface area (Å²) in [5.74, 6) is 1.78. The molecule has 0 saturated carbocycles. The Balaban J connectivity index is 2.04. The molecular weight excluding hydrogens is 262 g/mol. The third-order valence-corrected chi connectivity index (χ3v) is 5.65. The van der Waals surface area contributed by atoms with E-state index in [-0.39, 0.29) is 17.2 Å². The molecule has 0 aliphatic carbocycles. The smallest absolute Gasteiger partial charge is 0.129 e. The van der Waals surface area contributed by atoms with E-state index in [2.05, 4.69) is 0 Å². The summed E-state index contributed by atoms with van der Waals surface area (Å²) in [6, 6.07) is 3.80. The predicted octanol–water partition coefficient (Wildman–Crippen LogP) is 2.72. The number of hydrogen-bond donors (Lipinski definition) is 1. The SMILES string of the molecule is OC(Cc1c(F)cccc1F)C1CSCCS1. The summed E-state index contributed by atoms with van der Waals surface area (Å²) in [6.07, 6.45) is -0.629. The average Bonchev–Trinajstić information content (AvgIpc) is 2.35. The van der Waals surface area contributed by atoms with Crippen LogP contribution in [-0.2, 0) is 6.42 Å². The van der Waals surface area contributed by atoms with Crippen molar-refractivity contribution in [3.63, 3.8) is 0 Å². The molecular formula is C12H14F2OS2. The molecule has 1 aliphatic heterocycles. The molecule has 1 aromatic rings. The monoisotopic (exact) mass is 276 g/mol. The van der Waals surface area contributed by atoms with Gasteiger partial charge >= 0.3 is 0 Å². The van der Waals surface area contributed by atoms with Gasteiger partial charge in [0.15, 0.2) is 0 Å². The first-order valence-corrected chi connectivity index (χ1v) is 7.69. The quantitative estimate of drug-likeness (QED) is 0.916. The predicted molar refractivity (Wildman–Crippen MR) is 69.6 cm³/mol. The molecule has 1 aromatic carbocycles. The van der Waals surface area contributed by atoms with Crippen LogP contribution in [0.25, 0.3) is 0 Å². The molecule has 17 heavy (non-hydrogen) atoms. The van der Waals surface area contributed by atoms with E-state index in [1.807, 2.05) is 0 Å². The number of thioether (sulfide) groups is 2. The van der Waals surface area contributed by atoms with Crippen LogP contribution in [0.15, 0.2) is 18.2 Å². The van der Waals surface area contributed by atoms with Crippen molar-refractivity contribution >= 4 is 23.5 Å². The van der Waals surface area contributed by atoms with Gasteiger partial charge in [0.2, 0.25) is 0 Å². The maximum atomic E-state index is 13.4. The summed E-state index contributed by atoms with van der Waals surface area (Å²) in [6.45, 7) is 0. The van der Waals surface area contributed by atoms with Crippen molar-refractivity contribution in [2.45, 2.75) is 17.8 Å². The Labute approximate surface area is 108 Å². The zero-order valence-corrected chi connectivity index (χ0v) is 10.9. The van der Waals surface area contributed by atoms with E-state index in [1.54, 1.807) is 23.5 Å². The van der Waals surface area contributed by atoms with Gasteiger partial charge in [-0.3, -0.25) is 0 Å². The molecule has 1 heterocycles. The van der Waals surface area contributed by atoms with E-state index < -0.39 is 17.7 Å². The zero-order chi connectivity index (χ0) is 12.3. The zero-order valence-electron chi connectivity index (χ0n) is 9.23. The molecule has 5 heteroatoms. The van der Waals surface area contributed by atoms with Crippen molar-refractivity contribution in [3.05, 3.63) is 35.4 Å². The highest BCUT2D eigenvalue weighted by Crippen LogP contribution is 2.28. The van der Waals surface area contributed by atoms with E-state index >= 15 is 0 Å². The molecule has 2 unspecified atom stereocenters. The fraction of sp³-hybridized carbons (Fsp3) is 0.500. The molecule has 2 rings (SSSR count). The lowest BCUT2D eigenvalue weighted by molar-refractivity contribution is 0.174. The lowest BCUT2D eigenvalue weighted by Gasteiger charge is -2.26. The molecule has 1 fully saturated rings. The lowest BCUT2D eigenvalue weighted by atomic mass is 10.0. The van der Waals surface area contributed by atoms with Crippen molar-refractivity contribution in [1.82, 2.24) is 0 Å². The summed E-state index contributed by atoms with van der Waals surface area (Å²) >= 11 is 3.47. The molecule has 94 valence electrons. The standard InChI is InChI=1S/C12H14F2OS2/c13-9-2-1-3-10(14)8(9)6-11(15)12-7-16-4-5-17-12/h1-3,11-12,15H,4-7H2. The molecule has 0 amide bonds. The van der Waals surface area contributed by atoms with Crippen molar-refractivity contribution in [2.75, 3.05) is 17.3 Å². The maximum Gasteiger partial charge on any atom is 0.129 e. The highest BCUT2D eigenvalue weighted by molar-refractivity contribution is 8.06. The fourth-order valence-corrected chi connectivity index (χ4v) is 4.57. The minimum absolute atomic E-state index is 0.00354. The molecule has 2 atom stereocenters. The highest BCUT2D eigenvalue weighted by atomic mass is 32.2. The van der Waals surface area contributed by atoms with E-state index in [0.717, 1.165) is 17.3 Å². The van der Waals surface area contributed by atoms with Gasteiger partial charge in [-0.15, -0.1) is 0 Å². The van der Waals surface area contributed by atoms with Crippen LogP contribution in [0.4, 0.5) is 8.78 Å². The van der Waals surface area contributed by atoms with Crippen LogP contribution in [0.3, 0.4) is 0 Å². The Morgan fingerprint density at radius 2 is 2.00 bits per heavy atom. The first-order valence-electron chi connectivity index (χ1n) is 5.49. The van der Waals surface area contributed by atoms with Gasteiger partial charge in [0.25, 0.3) is 0 Å². The Bertz CT molecular complexity index is 361. The minimum Gasteiger partial charge on any atom is -0.392 e. The van der Waals surface area contributed by atoms with Crippen molar-refractivity contribution in [1.29, 1.82) is 0 Å². The van der Waals surface area contributed by atoms with E-state index in [9.17, 15) is 13.9 Å². The molecule has 1 N–H and O–H groups in total. The molecule has 1 nitrogen and oxygen atoms in total. The molecule has 0 spiro atoms. The minimum atomic E-state index is -0.681. The topological polar surface area (TPSA) is 20.2 Å². The van der Waals surface area contributed by atoms with Gasteiger partial charge in [0.05, 0.1) is 6.10 Å². The Morgan fingerprint density at radius 3 is 2.59 bits per heavy atom. The second-order valence-corrected chi connectivity index (χ2v) is 6.45. The van der Waals surface area contributed by atoms with Crippen molar-refractivity contribution in [2.24, 2.45) is 0 Å². The van der Waals surface area contributed by atoms with Crippen molar-refractivity contribution in [3.8, 4) is 0 Å². The average molecular weight is 276 g/mol. The summed E-state index contributed by atoms with van der Waals surface area (Å²) in [5.41, 5.74) is -0.00354. The van der Waals surface area contributed by atoms with Crippen LogP contribution in [-0.4, -0.2) is 33.7 Å². The van der Waals surface area contributed by atoms with E-state index in [4.69, 9.17) is 0 Å². The van der Waals surface area contributed by atoms with Gasteiger partial charge in [-0.1, -0.05) is 6.07 Å². The van der Waals surface area contributed by atoms with E-state index in [1.165, 1.54) is 18.2 Å². The second-order valence-electron chi connectivity index (χ2n) is 3.96. The number of benzene rings is 1. The van der Waals surface area contributed by atoms with E-state index in [0.29, 0.717) is 0 Å². The third kappa shape index (κ3) is 3.36. The van der Waals surface area contributed by atoms with Gasteiger partial charge in [-0.25, -0.2) is 8.78 Å². The van der Waals surface area contributed by atoms with Crippen LogP contribution >= 0.6 is 23.5 Å². The van der Waals surface area contributed by atoms with Crippen LogP contribution in [0.5, 0.6) is 0 Å². The number of aliphatic hydroxyl groups is 1. The number of rotatable bonds is 3. The first-order chi connectivity index (χ1) is 8.18. The van der Waals surface area contributed by atoms with Crippen LogP contribution in [0, 0.1) is 11.6 Å². The lowest BCUT2D eigenvalue weighted by Crippen LogP contribution is -2.31. The molecule has 0 bridgehead atoms. The summed E-state index contributed by atoms with van der Waals surface area (Å²) in [7, 11) is 0. The van der Waals surface area contributed by atoms with Gasteiger partial charge in [-0.2, -0.15) is 23.5 Å². The summed E-state index contributed by atoms with van der Waals surface area (Å²) < 4.78 is 26.8. The Hall–Kier alpha value is -0.260. The summed E-state index contributed by atoms with van der Waals surface area (Å²) in [4.78, 5) is 0. The normalized spacial score (nSPS) is 22.4. The largest absolute Gasteiger partial charge is 0.392 e. The number of aliphatic hydroxyl groups excluding tert-OH is 1. The van der Waals surface area contributed by atoms with Crippen LogP contribution in [0.1, 0.15) is 5.56 Å². The highest BCUT2D eigenvalue weighted by Gasteiger charge is 2.24. The number of hydrogen-bond acceptors (Lipinski definition) is 3. The fourth-order valence-electron chi connectivity index (χ4n) is 1.80. The van der Waals surface area contributed by atoms with Crippen LogP contribution in [0.2, 0.25) is 0 Å². The Kier molecular flexibility index (Phi) is 4.70. The second kappa shape index (κ2) is 6.07. The maximum absolute atomic E-state index is 13.4. The van der Waals surface area contributed by atoms with Gasteiger partial charge in [-0.05, 0) is 12.1 Å². The first kappa shape index (κ1) is 13.2. The van der Waals surface area contributed by atoms with Gasteiger partial charge < -0.3 is 5.11 Å². The van der Waals surface area contributed by atoms with Crippen molar-refractivity contribution < 1.29 is 13.9 Å². The third-order valence-electron chi connectivity index (χ3n) is 2.75.